The molecular weight excluding hydrogens is 326 g/mol. The zero-order chi connectivity index (χ0) is 19.5. The van der Waals surface area contributed by atoms with Gasteiger partial charge in [-0.05, 0) is 32.6 Å². The number of unbranched alkanes of at least 4 members (excludes halogenated alkanes) is 11. The van der Waals surface area contributed by atoms with Crippen molar-refractivity contribution in [2.75, 3.05) is 6.61 Å². The molecule has 0 saturated heterocycles. The van der Waals surface area contributed by atoms with Crippen molar-refractivity contribution in [3.8, 4) is 0 Å². The van der Waals surface area contributed by atoms with Crippen molar-refractivity contribution in [2.45, 2.75) is 110 Å². The summed E-state index contributed by atoms with van der Waals surface area (Å²) in [6.45, 7) is 8.05. The van der Waals surface area contributed by atoms with Crippen LogP contribution in [0.3, 0.4) is 0 Å². The Hall–Kier alpha value is -1.32. The molecule has 0 aromatic heterocycles. The SMILES string of the molecule is C=CCCCCCCCCCOC(=O)C(C)NC(=O)CCCCCCC. The molecule has 0 aliphatic heterocycles. The number of carbonyl (C=O) groups excluding carboxylic acids is 2. The Morgan fingerprint density at radius 1 is 0.923 bits per heavy atom. The minimum absolute atomic E-state index is 0.0533. The highest BCUT2D eigenvalue weighted by atomic mass is 16.5. The Kier molecular flexibility index (Phi) is 17.5. The molecule has 0 aromatic rings. The Labute approximate surface area is 161 Å². The number of esters is 1. The van der Waals surface area contributed by atoms with E-state index in [0.29, 0.717) is 13.0 Å². The summed E-state index contributed by atoms with van der Waals surface area (Å²) in [5, 5.41) is 2.74. The highest BCUT2D eigenvalue weighted by Gasteiger charge is 2.16. The second-order valence-corrected chi connectivity index (χ2v) is 7.17. The van der Waals surface area contributed by atoms with Gasteiger partial charge in [-0.15, -0.1) is 6.58 Å². The maximum Gasteiger partial charge on any atom is 0.328 e. The average Bonchev–Trinajstić information content (AvgIpc) is 2.62. The standard InChI is InChI=1S/C22H41NO3/c1-4-6-8-10-11-12-13-15-17-19-26-22(25)20(3)23-21(24)18-16-14-9-7-5-2/h4,20H,1,5-19H2,2-3H3,(H,23,24). The van der Waals surface area contributed by atoms with E-state index in [0.717, 1.165) is 32.1 Å². The number of allylic oxidation sites excluding steroid dienone is 1. The largest absolute Gasteiger partial charge is 0.464 e. The second-order valence-electron chi connectivity index (χ2n) is 7.17. The van der Waals surface area contributed by atoms with Crippen LogP contribution in [-0.2, 0) is 14.3 Å². The van der Waals surface area contributed by atoms with Crippen molar-refractivity contribution in [1.82, 2.24) is 5.32 Å². The molecule has 0 heterocycles. The van der Waals surface area contributed by atoms with Crippen LogP contribution in [0.15, 0.2) is 12.7 Å². The van der Waals surface area contributed by atoms with Gasteiger partial charge in [0.25, 0.3) is 0 Å². The summed E-state index contributed by atoms with van der Waals surface area (Å²) in [6.07, 6.45) is 17.4. The van der Waals surface area contributed by atoms with Crippen molar-refractivity contribution in [3.63, 3.8) is 0 Å². The lowest BCUT2D eigenvalue weighted by Crippen LogP contribution is -2.39. The minimum Gasteiger partial charge on any atom is -0.464 e. The predicted molar refractivity (Wildman–Crippen MR) is 109 cm³/mol. The summed E-state index contributed by atoms with van der Waals surface area (Å²) in [5.74, 6) is -0.379. The van der Waals surface area contributed by atoms with Crippen LogP contribution in [0.5, 0.6) is 0 Å². The monoisotopic (exact) mass is 367 g/mol. The van der Waals surface area contributed by atoms with E-state index in [-0.39, 0.29) is 11.9 Å². The third-order valence-corrected chi connectivity index (χ3v) is 4.54. The second kappa shape index (κ2) is 18.5. The molecule has 0 spiro atoms. The van der Waals surface area contributed by atoms with Gasteiger partial charge in [0.1, 0.15) is 6.04 Å². The van der Waals surface area contributed by atoms with Gasteiger partial charge >= 0.3 is 5.97 Å². The maximum absolute atomic E-state index is 11.9. The van der Waals surface area contributed by atoms with Crippen LogP contribution < -0.4 is 5.32 Å². The zero-order valence-corrected chi connectivity index (χ0v) is 17.2. The maximum atomic E-state index is 11.9. The fraction of sp³-hybridized carbons (Fsp3) is 0.818. The zero-order valence-electron chi connectivity index (χ0n) is 17.2. The highest BCUT2D eigenvalue weighted by molar-refractivity contribution is 5.84. The summed E-state index contributed by atoms with van der Waals surface area (Å²) >= 11 is 0. The first-order valence-corrected chi connectivity index (χ1v) is 10.7. The molecule has 152 valence electrons. The molecule has 1 atom stereocenters. The number of hydrogen-bond donors (Lipinski definition) is 1. The third-order valence-electron chi connectivity index (χ3n) is 4.54. The van der Waals surface area contributed by atoms with E-state index in [2.05, 4.69) is 18.8 Å². The minimum atomic E-state index is -0.553. The average molecular weight is 368 g/mol. The van der Waals surface area contributed by atoms with Gasteiger partial charge in [-0.3, -0.25) is 4.79 Å². The van der Waals surface area contributed by atoms with Crippen molar-refractivity contribution >= 4 is 11.9 Å². The number of carbonyl (C=O) groups is 2. The molecule has 4 heteroatoms. The number of amides is 1. The van der Waals surface area contributed by atoms with Gasteiger partial charge in [-0.1, -0.05) is 70.8 Å². The van der Waals surface area contributed by atoms with E-state index in [4.69, 9.17) is 4.74 Å². The van der Waals surface area contributed by atoms with Crippen molar-refractivity contribution in [2.24, 2.45) is 0 Å². The fourth-order valence-corrected chi connectivity index (χ4v) is 2.83. The van der Waals surface area contributed by atoms with Crippen LogP contribution in [0.1, 0.15) is 104 Å². The van der Waals surface area contributed by atoms with Crippen molar-refractivity contribution in [1.29, 1.82) is 0 Å². The molecule has 1 N–H and O–H groups in total. The number of hydrogen-bond acceptors (Lipinski definition) is 3. The van der Waals surface area contributed by atoms with Crippen molar-refractivity contribution < 1.29 is 14.3 Å². The Morgan fingerprint density at radius 3 is 2.15 bits per heavy atom. The van der Waals surface area contributed by atoms with E-state index in [9.17, 15) is 9.59 Å². The molecule has 1 unspecified atom stereocenters. The van der Waals surface area contributed by atoms with E-state index in [1.165, 1.54) is 51.4 Å². The van der Waals surface area contributed by atoms with Crippen molar-refractivity contribution in [3.05, 3.63) is 12.7 Å². The van der Waals surface area contributed by atoms with Crippen LogP contribution >= 0.6 is 0 Å². The number of rotatable bonds is 18. The summed E-state index contributed by atoms with van der Waals surface area (Å²) in [5.41, 5.74) is 0. The van der Waals surface area contributed by atoms with E-state index < -0.39 is 6.04 Å². The molecular formula is C22H41NO3. The highest BCUT2D eigenvalue weighted by Crippen LogP contribution is 2.09. The lowest BCUT2D eigenvalue weighted by molar-refractivity contribution is -0.147. The van der Waals surface area contributed by atoms with Crippen LogP contribution in [-0.4, -0.2) is 24.5 Å². The van der Waals surface area contributed by atoms with E-state index >= 15 is 0 Å². The van der Waals surface area contributed by atoms with Gasteiger partial charge < -0.3 is 10.1 Å². The fourth-order valence-electron chi connectivity index (χ4n) is 2.83. The molecule has 0 rings (SSSR count). The van der Waals surface area contributed by atoms with Crippen LogP contribution in [0.4, 0.5) is 0 Å². The summed E-state index contributed by atoms with van der Waals surface area (Å²) in [7, 11) is 0. The lowest BCUT2D eigenvalue weighted by atomic mass is 10.1. The predicted octanol–water partition coefficient (Wildman–Crippen LogP) is 5.70. The first-order chi connectivity index (χ1) is 12.6. The molecule has 0 radical (unpaired) electrons. The molecule has 4 nitrogen and oxygen atoms in total. The molecule has 0 aliphatic rings. The quantitative estimate of drug-likeness (QED) is 0.192. The van der Waals surface area contributed by atoms with Gasteiger partial charge in [0, 0.05) is 6.42 Å². The summed E-state index contributed by atoms with van der Waals surface area (Å²) < 4.78 is 5.26. The third kappa shape index (κ3) is 16.2. The Bertz CT molecular complexity index is 368. The van der Waals surface area contributed by atoms with Gasteiger partial charge in [0.2, 0.25) is 5.91 Å². The normalized spacial score (nSPS) is 11.8. The number of nitrogens with one attached hydrogen (secondary N) is 1. The lowest BCUT2D eigenvalue weighted by Gasteiger charge is -2.13. The van der Waals surface area contributed by atoms with Gasteiger partial charge in [0.05, 0.1) is 6.61 Å². The molecule has 0 fully saturated rings. The molecule has 0 bridgehead atoms. The van der Waals surface area contributed by atoms with Crippen LogP contribution in [0.2, 0.25) is 0 Å². The van der Waals surface area contributed by atoms with Crippen LogP contribution in [0, 0.1) is 0 Å². The van der Waals surface area contributed by atoms with E-state index in [1.54, 1.807) is 6.92 Å². The Morgan fingerprint density at radius 2 is 1.50 bits per heavy atom. The molecule has 1 amide bonds. The topological polar surface area (TPSA) is 55.4 Å². The first-order valence-electron chi connectivity index (χ1n) is 10.7. The first kappa shape index (κ1) is 24.7. The smallest absolute Gasteiger partial charge is 0.328 e. The number of ether oxygens (including phenoxy) is 1. The molecule has 0 aliphatic carbocycles. The van der Waals surface area contributed by atoms with Gasteiger partial charge in [0.15, 0.2) is 0 Å². The van der Waals surface area contributed by atoms with Gasteiger partial charge in [-0.25, -0.2) is 4.79 Å². The molecule has 0 saturated carbocycles. The Balaban J connectivity index is 3.52. The summed E-state index contributed by atoms with van der Waals surface area (Å²) in [6, 6.07) is -0.553. The van der Waals surface area contributed by atoms with Crippen LogP contribution in [0.25, 0.3) is 0 Å². The van der Waals surface area contributed by atoms with E-state index in [1.807, 2.05) is 6.08 Å². The molecule has 0 aromatic carbocycles. The molecule has 26 heavy (non-hydrogen) atoms. The summed E-state index contributed by atoms with van der Waals surface area (Å²) in [4.78, 5) is 23.7. The van der Waals surface area contributed by atoms with Gasteiger partial charge in [-0.2, -0.15) is 0 Å².